The first-order chi connectivity index (χ1) is 8.73. The molecule has 0 radical (unpaired) electrons. The summed E-state index contributed by atoms with van der Waals surface area (Å²) < 4.78 is 0. The van der Waals surface area contributed by atoms with Crippen molar-refractivity contribution in [2.24, 2.45) is 0 Å². The first kappa shape index (κ1) is 11.2. The number of benzene rings is 1. The Labute approximate surface area is 105 Å². The Morgan fingerprint density at radius 3 is 2.39 bits per heavy atom. The highest BCUT2D eigenvalue weighted by molar-refractivity contribution is 6.23. The zero-order chi connectivity index (χ0) is 12.6. The molecular weight excluding hydrogens is 230 g/mol. The molecule has 2 saturated heterocycles. The Kier molecular flexibility index (Phi) is 2.56. The van der Waals surface area contributed by atoms with Gasteiger partial charge in [0.2, 0.25) is 0 Å². The van der Waals surface area contributed by atoms with E-state index in [1.165, 1.54) is 4.90 Å². The number of anilines is 1. The molecule has 2 aliphatic rings. The van der Waals surface area contributed by atoms with Gasteiger partial charge in [-0.05, 0) is 38.1 Å². The highest BCUT2D eigenvalue weighted by atomic mass is 16.2. The number of hydrogen-bond donors (Lipinski definition) is 2. The summed E-state index contributed by atoms with van der Waals surface area (Å²) in [4.78, 5) is 25.8. The molecule has 0 aliphatic carbocycles. The molecule has 2 aliphatic heterocycles. The first-order valence-corrected chi connectivity index (χ1v) is 6.15. The molecule has 1 spiro atoms. The highest BCUT2D eigenvalue weighted by Crippen LogP contribution is 2.30. The van der Waals surface area contributed by atoms with Crippen LogP contribution < -0.4 is 15.5 Å². The average molecular weight is 245 g/mol. The van der Waals surface area contributed by atoms with Crippen molar-refractivity contribution in [3.05, 3.63) is 30.3 Å². The van der Waals surface area contributed by atoms with E-state index in [0.29, 0.717) is 18.5 Å². The first-order valence-electron chi connectivity index (χ1n) is 6.15. The van der Waals surface area contributed by atoms with Gasteiger partial charge in [0.25, 0.3) is 5.91 Å². The van der Waals surface area contributed by atoms with Gasteiger partial charge in [0, 0.05) is 0 Å². The molecule has 3 rings (SSSR count). The largest absolute Gasteiger partial charge is 0.329 e. The smallest absolute Gasteiger partial charge is 0.323 e. The van der Waals surface area contributed by atoms with Crippen molar-refractivity contribution in [3.63, 3.8) is 0 Å². The molecule has 0 aromatic heterocycles. The second kappa shape index (κ2) is 4.10. The number of rotatable bonds is 1. The third kappa shape index (κ3) is 1.59. The number of nitrogens with zero attached hydrogens (tertiary/aromatic N) is 1. The van der Waals surface area contributed by atoms with Crippen molar-refractivity contribution in [3.8, 4) is 0 Å². The van der Waals surface area contributed by atoms with E-state index in [2.05, 4.69) is 10.6 Å². The number of amides is 3. The van der Waals surface area contributed by atoms with Gasteiger partial charge in [-0.1, -0.05) is 18.2 Å². The quantitative estimate of drug-likeness (QED) is 0.722. The minimum absolute atomic E-state index is 0.125. The van der Waals surface area contributed by atoms with Crippen molar-refractivity contribution in [1.82, 2.24) is 10.6 Å². The minimum atomic E-state index is -0.696. The van der Waals surface area contributed by atoms with Crippen LogP contribution in [-0.2, 0) is 4.79 Å². The number of imide groups is 1. The Morgan fingerprint density at radius 2 is 1.72 bits per heavy atom. The summed E-state index contributed by atoms with van der Waals surface area (Å²) in [6, 6.07) is 8.75. The molecular formula is C13H15N3O2. The summed E-state index contributed by atoms with van der Waals surface area (Å²) >= 11 is 0. The third-order valence-corrected chi connectivity index (χ3v) is 3.63. The van der Waals surface area contributed by atoms with Crippen LogP contribution in [0.1, 0.15) is 12.8 Å². The van der Waals surface area contributed by atoms with Crippen LogP contribution in [0.25, 0.3) is 0 Å². The van der Waals surface area contributed by atoms with Crippen molar-refractivity contribution in [2.45, 2.75) is 18.4 Å². The second-order valence-corrected chi connectivity index (χ2v) is 4.74. The molecule has 2 fully saturated rings. The molecule has 94 valence electrons. The highest BCUT2D eigenvalue weighted by Gasteiger charge is 2.51. The maximum absolute atomic E-state index is 12.5. The zero-order valence-electron chi connectivity index (χ0n) is 9.98. The van der Waals surface area contributed by atoms with E-state index in [1.54, 1.807) is 12.1 Å². The fraction of sp³-hybridized carbons (Fsp3) is 0.385. The molecule has 1 aromatic rings. The SMILES string of the molecule is O=C1NC2(CCNCC2)C(=O)N1c1ccccc1. The lowest BCUT2D eigenvalue weighted by Crippen LogP contribution is -2.53. The van der Waals surface area contributed by atoms with Crippen LogP contribution in [0.2, 0.25) is 0 Å². The van der Waals surface area contributed by atoms with Gasteiger partial charge in [0.05, 0.1) is 5.69 Å². The zero-order valence-corrected chi connectivity index (χ0v) is 9.98. The van der Waals surface area contributed by atoms with Gasteiger partial charge in [-0.25, -0.2) is 9.69 Å². The maximum Gasteiger partial charge on any atom is 0.329 e. The van der Waals surface area contributed by atoms with Crippen LogP contribution in [0, 0.1) is 0 Å². The van der Waals surface area contributed by atoms with Gasteiger partial charge in [-0.15, -0.1) is 0 Å². The van der Waals surface area contributed by atoms with Gasteiger partial charge in [0.15, 0.2) is 0 Å². The summed E-state index contributed by atoms with van der Waals surface area (Å²) in [5.74, 6) is -0.125. The topological polar surface area (TPSA) is 61.4 Å². The van der Waals surface area contributed by atoms with Crippen LogP contribution in [0.5, 0.6) is 0 Å². The van der Waals surface area contributed by atoms with Gasteiger partial charge in [-0.3, -0.25) is 4.79 Å². The molecule has 0 atom stereocenters. The predicted molar refractivity (Wildman–Crippen MR) is 67.3 cm³/mol. The number of nitrogens with one attached hydrogen (secondary N) is 2. The van der Waals surface area contributed by atoms with E-state index >= 15 is 0 Å². The van der Waals surface area contributed by atoms with Crippen molar-refractivity contribution in [2.75, 3.05) is 18.0 Å². The number of para-hydroxylation sites is 1. The van der Waals surface area contributed by atoms with E-state index in [4.69, 9.17) is 0 Å². The van der Waals surface area contributed by atoms with Crippen molar-refractivity contribution < 1.29 is 9.59 Å². The average Bonchev–Trinajstić information content (AvgIpc) is 2.63. The Bertz CT molecular complexity index is 480. The normalized spacial score (nSPS) is 22.3. The van der Waals surface area contributed by atoms with Gasteiger partial charge < -0.3 is 10.6 Å². The van der Waals surface area contributed by atoms with Crippen LogP contribution in [0.3, 0.4) is 0 Å². The number of carbonyl (C=O) groups is 2. The minimum Gasteiger partial charge on any atom is -0.323 e. The van der Waals surface area contributed by atoms with Crippen molar-refractivity contribution in [1.29, 1.82) is 0 Å². The summed E-state index contributed by atoms with van der Waals surface area (Å²) in [6.45, 7) is 1.52. The van der Waals surface area contributed by atoms with Crippen LogP contribution in [0.4, 0.5) is 10.5 Å². The summed E-state index contributed by atoms with van der Waals surface area (Å²) in [7, 11) is 0. The van der Waals surface area contributed by atoms with Gasteiger partial charge in [-0.2, -0.15) is 0 Å². The predicted octanol–water partition coefficient (Wildman–Crippen LogP) is 0.865. The fourth-order valence-corrected chi connectivity index (χ4v) is 2.62. The number of urea groups is 1. The van der Waals surface area contributed by atoms with E-state index in [9.17, 15) is 9.59 Å². The standard InChI is InChI=1S/C13H15N3O2/c17-11-13(6-8-14-9-7-13)15-12(18)16(11)10-4-2-1-3-5-10/h1-5,14H,6-9H2,(H,15,18). The van der Waals surface area contributed by atoms with Crippen LogP contribution in [0.15, 0.2) is 30.3 Å². The summed E-state index contributed by atoms with van der Waals surface area (Å²) in [5.41, 5.74) is -0.0616. The van der Waals surface area contributed by atoms with Crippen molar-refractivity contribution >= 4 is 17.6 Å². The number of carbonyl (C=O) groups excluding carboxylic acids is 2. The lowest BCUT2D eigenvalue weighted by Gasteiger charge is -2.31. The van der Waals surface area contributed by atoms with E-state index in [-0.39, 0.29) is 11.9 Å². The second-order valence-electron chi connectivity index (χ2n) is 4.74. The van der Waals surface area contributed by atoms with Gasteiger partial charge >= 0.3 is 6.03 Å². The molecule has 0 bridgehead atoms. The Hall–Kier alpha value is -1.88. The summed E-state index contributed by atoms with van der Waals surface area (Å²) in [5, 5.41) is 6.07. The van der Waals surface area contributed by atoms with Crippen LogP contribution in [-0.4, -0.2) is 30.6 Å². The van der Waals surface area contributed by atoms with Gasteiger partial charge in [0.1, 0.15) is 5.54 Å². The monoisotopic (exact) mass is 245 g/mol. The van der Waals surface area contributed by atoms with E-state index in [1.807, 2.05) is 18.2 Å². The molecule has 5 heteroatoms. The lowest BCUT2D eigenvalue weighted by atomic mass is 9.88. The molecule has 2 heterocycles. The molecule has 2 N–H and O–H groups in total. The molecule has 0 unspecified atom stereocenters. The molecule has 0 saturated carbocycles. The number of hydrogen-bond acceptors (Lipinski definition) is 3. The Balaban J connectivity index is 1.94. The molecule has 3 amide bonds. The molecule has 18 heavy (non-hydrogen) atoms. The van der Waals surface area contributed by atoms with E-state index < -0.39 is 5.54 Å². The van der Waals surface area contributed by atoms with E-state index in [0.717, 1.165) is 13.1 Å². The lowest BCUT2D eigenvalue weighted by molar-refractivity contribution is -0.122. The number of piperidine rings is 1. The molecule has 5 nitrogen and oxygen atoms in total. The maximum atomic E-state index is 12.5. The third-order valence-electron chi connectivity index (χ3n) is 3.63. The molecule has 1 aromatic carbocycles. The van der Waals surface area contributed by atoms with Crippen LogP contribution >= 0.6 is 0 Å². The summed E-state index contributed by atoms with van der Waals surface area (Å²) in [6.07, 6.45) is 1.31. The Morgan fingerprint density at radius 1 is 1.06 bits per heavy atom. The fourth-order valence-electron chi connectivity index (χ4n) is 2.62.